The number of halogens is 3. The maximum absolute atomic E-state index is 12.8. The molecule has 1 fully saturated rings. The average molecular weight is 593 g/mol. The van der Waals surface area contributed by atoms with Crippen LogP contribution in [0.2, 0.25) is 10.0 Å². The molecule has 3 amide bonds. The first-order valence-corrected chi connectivity index (χ1v) is 11.9. The second-order valence-corrected chi connectivity index (χ2v) is 9.57. The van der Waals surface area contributed by atoms with Gasteiger partial charge in [-0.2, -0.15) is 0 Å². The van der Waals surface area contributed by atoms with Crippen LogP contribution in [-0.2, 0) is 17.9 Å². The highest BCUT2D eigenvalue weighted by molar-refractivity contribution is 14.1. The molecule has 1 heterocycles. The summed E-state index contributed by atoms with van der Waals surface area (Å²) in [7, 11) is 0. The molecule has 3 aromatic carbocycles. The van der Waals surface area contributed by atoms with Crippen molar-refractivity contribution in [2.45, 2.75) is 20.1 Å². The molecule has 0 atom stereocenters. The van der Waals surface area contributed by atoms with Crippen molar-refractivity contribution in [1.82, 2.24) is 10.2 Å². The fourth-order valence-corrected chi connectivity index (χ4v) is 4.41. The summed E-state index contributed by atoms with van der Waals surface area (Å²) in [5.41, 5.74) is 3.90. The fraction of sp³-hybridized carbons (Fsp3) is 0.120. The van der Waals surface area contributed by atoms with Crippen LogP contribution < -0.4 is 10.1 Å². The van der Waals surface area contributed by atoms with Crippen molar-refractivity contribution in [3.63, 3.8) is 0 Å². The molecule has 0 aliphatic carbocycles. The normalized spacial score (nSPS) is 14.7. The largest absolute Gasteiger partial charge is 0.488 e. The molecule has 0 bridgehead atoms. The van der Waals surface area contributed by atoms with Gasteiger partial charge in [0.1, 0.15) is 18.1 Å². The van der Waals surface area contributed by atoms with Crippen molar-refractivity contribution < 1.29 is 14.3 Å². The van der Waals surface area contributed by atoms with E-state index in [0.717, 1.165) is 25.8 Å². The summed E-state index contributed by atoms with van der Waals surface area (Å²) in [6, 6.07) is 18.2. The molecule has 0 spiro atoms. The smallest absolute Gasteiger partial charge is 0.329 e. The summed E-state index contributed by atoms with van der Waals surface area (Å²) in [5.74, 6) is 0.350. The Bertz CT molecular complexity index is 1280. The van der Waals surface area contributed by atoms with Crippen molar-refractivity contribution in [3.8, 4) is 5.75 Å². The minimum absolute atomic E-state index is 0.225. The molecule has 3 aromatic rings. The van der Waals surface area contributed by atoms with Crippen molar-refractivity contribution in [1.29, 1.82) is 0 Å². The van der Waals surface area contributed by atoms with Crippen LogP contribution in [0.25, 0.3) is 6.08 Å². The summed E-state index contributed by atoms with van der Waals surface area (Å²) in [6.07, 6.45) is 1.67. The number of rotatable bonds is 6. The van der Waals surface area contributed by atoms with E-state index in [0.29, 0.717) is 22.4 Å². The molecule has 1 aliphatic rings. The Morgan fingerprint density at radius 3 is 2.55 bits per heavy atom. The number of carbonyl (C=O) groups excluding carboxylic acids is 2. The Morgan fingerprint density at radius 1 is 1.00 bits per heavy atom. The van der Waals surface area contributed by atoms with Gasteiger partial charge in [0, 0.05) is 0 Å². The first-order chi connectivity index (χ1) is 15.8. The second kappa shape index (κ2) is 10.2. The van der Waals surface area contributed by atoms with Crippen molar-refractivity contribution >= 4 is 63.8 Å². The van der Waals surface area contributed by atoms with Gasteiger partial charge < -0.3 is 10.1 Å². The first kappa shape index (κ1) is 23.6. The van der Waals surface area contributed by atoms with E-state index < -0.39 is 6.03 Å². The van der Waals surface area contributed by atoms with Gasteiger partial charge in [0.05, 0.1) is 20.2 Å². The Labute approximate surface area is 215 Å². The summed E-state index contributed by atoms with van der Waals surface area (Å²) >= 11 is 14.2. The lowest BCUT2D eigenvalue weighted by Crippen LogP contribution is -2.30. The van der Waals surface area contributed by atoms with Gasteiger partial charge in [-0.3, -0.25) is 9.69 Å². The number of ether oxygens (including phenoxy) is 1. The Kier molecular flexibility index (Phi) is 7.26. The van der Waals surface area contributed by atoms with Gasteiger partial charge in [-0.05, 0) is 76.5 Å². The monoisotopic (exact) mass is 592 g/mol. The maximum atomic E-state index is 12.8. The summed E-state index contributed by atoms with van der Waals surface area (Å²) in [5, 5.41) is 3.65. The van der Waals surface area contributed by atoms with Crippen molar-refractivity contribution in [2.24, 2.45) is 0 Å². The molecule has 1 aliphatic heterocycles. The molecule has 0 aromatic heterocycles. The van der Waals surface area contributed by atoms with Gasteiger partial charge >= 0.3 is 6.03 Å². The quantitative estimate of drug-likeness (QED) is 0.200. The molecule has 8 heteroatoms. The topological polar surface area (TPSA) is 58.6 Å². The van der Waals surface area contributed by atoms with Gasteiger partial charge in [-0.25, -0.2) is 4.79 Å². The number of nitrogens with one attached hydrogen (secondary N) is 1. The van der Waals surface area contributed by atoms with E-state index >= 15 is 0 Å². The van der Waals surface area contributed by atoms with Gasteiger partial charge in [0.2, 0.25) is 0 Å². The van der Waals surface area contributed by atoms with Gasteiger partial charge in [-0.1, -0.05) is 65.2 Å². The van der Waals surface area contributed by atoms with E-state index in [1.165, 1.54) is 4.90 Å². The Morgan fingerprint density at radius 2 is 1.82 bits per heavy atom. The highest BCUT2D eigenvalue weighted by Gasteiger charge is 2.33. The zero-order valence-corrected chi connectivity index (χ0v) is 21.2. The average Bonchev–Trinajstić information content (AvgIpc) is 3.03. The predicted molar refractivity (Wildman–Crippen MR) is 138 cm³/mol. The molecular formula is C25H19Cl2IN2O3. The number of aryl methyl sites for hydroxylation is 1. The molecule has 5 nitrogen and oxygen atoms in total. The minimum atomic E-state index is -0.427. The molecule has 0 saturated carbocycles. The number of imide groups is 1. The molecule has 0 radical (unpaired) electrons. The third-order valence-corrected chi connectivity index (χ3v) is 6.61. The van der Waals surface area contributed by atoms with E-state index in [1.807, 2.05) is 55.5 Å². The van der Waals surface area contributed by atoms with Crippen LogP contribution in [0.1, 0.15) is 22.3 Å². The van der Waals surface area contributed by atoms with Gasteiger partial charge in [0.25, 0.3) is 5.91 Å². The highest BCUT2D eigenvalue weighted by atomic mass is 127. The van der Waals surface area contributed by atoms with E-state index in [4.69, 9.17) is 27.9 Å². The third kappa shape index (κ3) is 5.69. The molecule has 0 unspecified atom stereocenters. The van der Waals surface area contributed by atoms with Gasteiger partial charge in [-0.15, -0.1) is 0 Å². The lowest BCUT2D eigenvalue weighted by atomic mass is 10.1. The number of hydrogen-bond donors (Lipinski definition) is 1. The van der Waals surface area contributed by atoms with Crippen LogP contribution in [0.4, 0.5) is 4.79 Å². The standard InChI is InChI=1S/C25H19Cl2IN2O3/c1-15-3-2-4-17(9-15)13-30-24(31)22(29-25(30)32)12-16-6-8-23(21(28)11-16)33-14-18-5-7-19(26)20(27)10-18/h2-12H,13-14H2,1H3,(H,29,32)/b22-12+. The summed E-state index contributed by atoms with van der Waals surface area (Å²) in [6.45, 7) is 2.54. The van der Waals surface area contributed by atoms with Gasteiger partial charge in [0.15, 0.2) is 0 Å². The van der Waals surface area contributed by atoms with Crippen LogP contribution in [0.15, 0.2) is 66.4 Å². The van der Waals surface area contributed by atoms with Crippen LogP contribution in [0, 0.1) is 10.5 Å². The number of hydrogen-bond acceptors (Lipinski definition) is 3. The summed E-state index contributed by atoms with van der Waals surface area (Å²) < 4.78 is 6.77. The van der Waals surface area contributed by atoms with Crippen LogP contribution in [0.3, 0.4) is 0 Å². The van der Waals surface area contributed by atoms with Crippen LogP contribution >= 0.6 is 45.8 Å². The predicted octanol–water partition coefficient (Wildman–Crippen LogP) is 6.58. The summed E-state index contributed by atoms with van der Waals surface area (Å²) in [4.78, 5) is 26.4. The van der Waals surface area contributed by atoms with Crippen LogP contribution in [0.5, 0.6) is 5.75 Å². The third-order valence-electron chi connectivity index (χ3n) is 5.03. The fourth-order valence-electron chi connectivity index (χ4n) is 3.39. The minimum Gasteiger partial charge on any atom is -0.488 e. The lowest BCUT2D eigenvalue weighted by molar-refractivity contribution is -0.123. The highest BCUT2D eigenvalue weighted by Crippen LogP contribution is 2.27. The number of carbonyl (C=O) groups is 2. The zero-order valence-electron chi connectivity index (χ0n) is 17.6. The van der Waals surface area contributed by atoms with E-state index in [9.17, 15) is 9.59 Å². The number of urea groups is 1. The van der Waals surface area contributed by atoms with E-state index in [1.54, 1.807) is 18.2 Å². The van der Waals surface area contributed by atoms with E-state index in [2.05, 4.69) is 27.9 Å². The second-order valence-electron chi connectivity index (χ2n) is 7.60. The number of nitrogens with zero attached hydrogens (tertiary/aromatic N) is 1. The van der Waals surface area contributed by atoms with Crippen LogP contribution in [-0.4, -0.2) is 16.8 Å². The maximum Gasteiger partial charge on any atom is 0.329 e. The molecule has 4 rings (SSSR count). The van der Waals surface area contributed by atoms with Crippen molar-refractivity contribution in [3.05, 3.63) is 102 Å². The Hall–Kier alpha value is -2.55. The molecule has 1 saturated heterocycles. The zero-order chi connectivity index (χ0) is 23.5. The number of benzene rings is 3. The molecule has 168 valence electrons. The number of amides is 3. The SMILES string of the molecule is Cc1cccc(CN2C(=O)N/C(=C/c3ccc(OCc4ccc(Cl)c(Cl)c4)c(I)c3)C2=O)c1. The lowest BCUT2D eigenvalue weighted by Gasteiger charge is -2.12. The van der Waals surface area contributed by atoms with Crippen molar-refractivity contribution in [2.75, 3.05) is 0 Å². The molecule has 1 N–H and O–H groups in total. The first-order valence-electron chi connectivity index (χ1n) is 10.1. The van der Waals surface area contributed by atoms with E-state index in [-0.39, 0.29) is 18.1 Å². The molecule has 33 heavy (non-hydrogen) atoms. The Balaban J connectivity index is 1.45. The molecular weight excluding hydrogens is 574 g/mol.